The molecule has 1 N–H and O–H groups in total. The van der Waals surface area contributed by atoms with Crippen molar-refractivity contribution in [2.45, 2.75) is 32.7 Å². The van der Waals surface area contributed by atoms with E-state index in [2.05, 4.69) is 20.8 Å². The van der Waals surface area contributed by atoms with Crippen LogP contribution < -0.4 is 4.74 Å². The number of hydrogen-bond acceptors (Lipinski definition) is 4. The van der Waals surface area contributed by atoms with Gasteiger partial charge in [0.25, 0.3) is 0 Å². The number of benzene rings is 1. The van der Waals surface area contributed by atoms with E-state index in [-0.39, 0.29) is 0 Å². The van der Waals surface area contributed by atoms with Gasteiger partial charge in [0.15, 0.2) is 0 Å². The molecule has 1 aromatic carbocycles. The molecule has 0 radical (unpaired) electrons. The number of nitrogens with zero attached hydrogens (tertiary/aromatic N) is 3. The van der Waals surface area contributed by atoms with E-state index in [1.54, 1.807) is 6.20 Å². The Labute approximate surface area is 123 Å². The minimum Gasteiger partial charge on any atom is -0.492 e. The van der Waals surface area contributed by atoms with Gasteiger partial charge in [0.1, 0.15) is 18.2 Å². The SMILES string of the molecule is Cc1nccn1CCOc1ccc2c(c1)/C(=N\O)CCC2. The molecule has 5 nitrogen and oxygen atoms in total. The number of aryl methyl sites for hydroxylation is 2. The van der Waals surface area contributed by atoms with Crippen LogP contribution in [0.2, 0.25) is 0 Å². The van der Waals surface area contributed by atoms with E-state index in [0.29, 0.717) is 6.61 Å². The molecule has 2 aromatic rings. The number of oxime groups is 1. The summed E-state index contributed by atoms with van der Waals surface area (Å²) in [6, 6.07) is 6.03. The summed E-state index contributed by atoms with van der Waals surface area (Å²) in [5.74, 6) is 1.80. The Morgan fingerprint density at radius 2 is 2.29 bits per heavy atom. The Kier molecular flexibility index (Phi) is 3.90. The largest absolute Gasteiger partial charge is 0.492 e. The number of hydrogen-bond donors (Lipinski definition) is 1. The lowest BCUT2D eigenvalue weighted by atomic mass is 9.90. The molecular weight excluding hydrogens is 266 g/mol. The molecule has 110 valence electrons. The van der Waals surface area contributed by atoms with Crippen molar-refractivity contribution in [2.24, 2.45) is 5.16 Å². The quantitative estimate of drug-likeness (QED) is 0.694. The zero-order valence-corrected chi connectivity index (χ0v) is 12.1. The zero-order chi connectivity index (χ0) is 14.7. The molecule has 0 amide bonds. The molecule has 1 aromatic heterocycles. The van der Waals surface area contributed by atoms with Crippen molar-refractivity contribution in [2.75, 3.05) is 6.61 Å². The van der Waals surface area contributed by atoms with Gasteiger partial charge in [-0.05, 0) is 43.9 Å². The molecule has 0 spiro atoms. The van der Waals surface area contributed by atoms with Crippen LogP contribution in [0.15, 0.2) is 35.7 Å². The molecule has 21 heavy (non-hydrogen) atoms. The smallest absolute Gasteiger partial charge is 0.120 e. The van der Waals surface area contributed by atoms with Crippen LogP contribution in [-0.2, 0) is 13.0 Å². The normalized spacial score (nSPS) is 16.0. The summed E-state index contributed by atoms with van der Waals surface area (Å²) in [5.41, 5.74) is 3.00. The highest BCUT2D eigenvalue weighted by atomic mass is 16.5. The molecule has 1 aliphatic carbocycles. The topological polar surface area (TPSA) is 59.6 Å². The lowest BCUT2D eigenvalue weighted by Gasteiger charge is -2.18. The summed E-state index contributed by atoms with van der Waals surface area (Å²) in [4.78, 5) is 4.18. The van der Waals surface area contributed by atoms with E-state index in [4.69, 9.17) is 9.94 Å². The molecule has 1 aliphatic rings. The fraction of sp³-hybridized carbons (Fsp3) is 0.375. The maximum absolute atomic E-state index is 9.10. The summed E-state index contributed by atoms with van der Waals surface area (Å²) in [7, 11) is 0. The van der Waals surface area contributed by atoms with Gasteiger partial charge in [-0.1, -0.05) is 11.2 Å². The van der Waals surface area contributed by atoms with Gasteiger partial charge in [0, 0.05) is 18.0 Å². The number of fused-ring (bicyclic) bond motifs is 1. The summed E-state index contributed by atoms with van der Waals surface area (Å²) in [6.07, 6.45) is 6.62. The second kappa shape index (κ2) is 5.99. The molecular formula is C16H19N3O2. The Morgan fingerprint density at radius 1 is 1.38 bits per heavy atom. The third-order valence-electron chi connectivity index (χ3n) is 3.90. The first-order valence-corrected chi connectivity index (χ1v) is 7.22. The Hall–Kier alpha value is -2.30. The molecule has 5 heteroatoms. The predicted molar refractivity (Wildman–Crippen MR) is 80.2 cm³/mol. The summed E-state index contributed by atoms with van der Waals surface area (Å²) in [5, 5.41) is 12.5. The second-order valence-corrected chi connectivity index (χ2v) is 5.24. The number of rotatable bonds is 4. The van der Waals surface area contributed by atoms with E-state index >= 15 is 0 Å². The highest BCUT2D eigenvalue weighted by molar-refractivity contribution is 6.02. The highest BCUT2D eigenvalue weighted by Crippen LogP contribution is 2.26. The molecule has 0 saturated carbocycles. The molecule has 0 saturated heterocycles. The molecule has 1 heterocycles. The van der Waals surface area contributed by atoms with Gasteiger partial charge in [-0.25, -0.2) is 4.98 Å². The van der Waals surface area contributed by atoms with E-state index in [1.165, 1.54) is 5.56 Å². The van der Waals surface area contributed by atoms with Crippen LogP contribution in [0.4, 0.5) is 0 Å². The molecule has 0 fully saturated rings. The Morgan fingerprint density at radius 3 is 3.05 bits per heavy atom. The van der Waals surface area contributed by atoms with Crippen LogP contribution >= 0.6 is 0 Å². The first-order chi connectivity index (χ1) is 10.3. The van der Waals surface area contributed by atoms with Crippen LogP contribution in [0, 0.1) is 6.92 Å². The maximum Gasteiger partial charge on any atom is 0.120 e. The van der Waals surface area contributed by atoms with Crippen LogP contribution in [0.3, 0.4) is 0 Å². The Bertz CT molecular complexity index is 661. The van der Waals surface area contributed by atoms with Crippen molar-refractivity contribution >= 4 is 5.71 Å². The van der Waals surface area contributed by atoms with Crippen molar-refractivity contribution in [1.82, 2.24) is 9.55 Å². The van der Waals surface area contributed by atoms with Gasteiger partial charge in [-0.3, -0.25) is 0 Å². The van der Waals surface area contributed by atoms with E-state index in [0.717, 1.165) is 48.7 Å². The number of imidazole rings is 1. The minimum atomic E-state index is 0.585. The highest BCUT2D eigenvalue weighted by Gasteiger charge is 2.16. The number of aromatic nitrogens is 2. The van der Waals surface area contributed by atoms with Crippen LogP contribution in [0.25, 0.3) is 0 Å². The zero-order valence-electron chi connectivity index (χ0n) is 12.1. The van der Waals surface area contributed by atoms with Crippen molar-refractivity contribution < 1.29 is 9.94 Å². The summed E-state index contributed by atoms with van der Waals surface area (Å²) in [6.45, 7) is 3.33. The van der Waals surface area contributed by atoms with Crippen molar-refractivity contribution in [3.05, 3.63) is 47.5 Å². The molecule has 0 aliphatic heterocycles. The summed E-state index contributed by atoms with van der Waals surface area (Å²) < 4.78 is 7.86. The predicted octanol–water partition coefficient (Wildman–Crippen LogP) is 2.79. The third-order valence-corrected chi connectivity index (χ3v) is 3.90. The average molecular weight is 285 g/mol. The van der Waals surface area contributed by atoms with Crippen LogP contribution in [0.5, 0.6) is 5.75 Å². The van der Waals surface area contributed by atoms with E-state index in [1.807, 2.05) is 25.3 Å². The van der Waals surface area contributed by atoms with E-state index < -0.39 is 0 Å². The van der Waals surface area contributed by atoms with Gasteiger partial charge < -0.3 is 14.5 Å². The monoisotopic (exact) mass is 285 g/mol. The first kappa shape index (κ1) is 13.7. The summed E-state index contributed by atoms with van der Waals surface area (Å²) >= 11 is 0. The van der Waals surface area contributed by atoms with Gasteiger partial charge in [-0.2, -0.15) is 0 Å². The average Bonchev–Trinajstić information content (AvgIpc) is 2.92. The van der Waals surface area contributed by atoms with Gasteiger partial charge in [0.05, 0.1) is 12.3 Å². The lowest BCUT2D eigenvalue weighted by Crippen LogP contribution is -2.13. The van der Waals surface area contributed by atoms with Crippen molar-refractivity contribution in [3.63, 3.8) is 0 Å². The third kappa shape index (κ3) is 2.91. The van der Waals surface area contributed by atoms with Gasteiger partial charge in [0.2, 0.25) is 0 Å². The number of ether oxygens (including phenoxy) is 1. The van der Waals surface area contributed by atoms with Crippen molar-refractivity contribution in [3.8, 4) is 5.75 Å². The molecule has 0 unspecified atom stereocenters. The molecule has 0 atom stereocenters. The Balaban J connectivity index is 1.68. The second-order valence-electron chi connectivity index (χ2n) is 5.24. The van der Waals surface area contributed by atoms with E-state index in [9.17, 15) is 0 Å². The standard InChI is InChI=1S/C16H19N3O2/c1-12-17-7-8-19(12)9-10-21-14-6-5-13-3-2-4-16(18-20)15(13)11-14/h5-8,11,20H,2-4,9-10H2,1H3/b18-16-. The van der Waals surface area contributed by atoms with Crippen LogP contribution in [0.1, 0.15) is 29.8 Å². The maximum atomic E-state index is 9.10. The first-order valence-electron chi connectivity index (χ1n) is 7.22. The van der Waals surface area contributed by atoms with Crippen LogP contribution in [-0.4, -0.2) is 27.1 Å². The van der Waals surface area contributed by atoms with Gasteiger partial charge in [-0.15, -0.1) is 0 Å². The molecule has 3 rings (SSSR count). The fourth-order valence-electron chi connectivity index (χ4n) is 2.72. The van der Waals surface area contributed by atoms with Crippen molar-refractivity contribution in [1.29, 1.82) is 0 Å². The lowest BCUT2D eigenvalue weighted by molar-refractivity contribution is 0.296. The molecule has 0 bridgehead atoms. The minimum absolute atomic E-state index is 0.585. The fourth-order valence-corrected chi connectivity index (χ4v) is 2.72. The van der Waals surface area contributed by atoms with Gasteiger partial charge >= 0.3 is 0 Å².